The maximum atomic E-state index is 12.4. The molecule has 2 unspecified atom stereocenters. The van der Waals surface area contributed by atoms with Gasteiger partial charge in [0.05, 0.1) is 0 Å². The van der Waals surface area contributed by atoms with Crippen molar-refractivity contribution in [3.63, 3.8) is 0 Å². The number of nitrogens with one attached hydrogen (secondary N) is 1. The number of hydrogen-bond acceptors (Lipinski definition) is 5. The molecule has 1 amide bonds. The highest BCUT2D eigenvalue weighted by Crippen LogP contribution is 2.26. The van der Waals surface area contributed by atoms with E-state index in [4.69, 9.17) is 4.74 Å². The molecule has 0 spiro atoms. The van der Waals surface area contributed by atoms with Crippen molar-refractivity contribution in [3.8, 4) is 0 Å². The Hall–Kier alpha value is -2.83. The number of fused-ring (bicyclic) bond motifs is 1. The van der Waals surface area contributed by atoms with E-state index in [1.165, 1.54) is 4.90 Å². The number of ether oxygens (including phenoxy) is 1. The SMILES string of the molecule is CC(C)(C)OC(=O)N1CC(Nc2nccc3ccccc23)CC1C(=O)O. The van der Waals surface area contributed by atoms with Gasteiger partial charge in [0.25, 0.3) is 0 Å². The van der Waals surface area contributed by atoms with Gasteiger partial charge in [-0.3, -0.25) is 4.90 Å². The average molecular weight is 357 g/mol. The van der Waals surface area contributed by atoms with Gasteiger partial charge in [-0.1, -0.05) is 24.3 Å². The Labute approximate surface area is 152 Å². The molecule has 1 aromatic heterocycles. The molecule has 0 aliphatic carbocycles. The van der Waals surface area contributed by atoms with E-state index in [0.29, 0.717) is 12.2 Å². The lowest BCUT2D eigenvalue weighted by Crippen LogP contribution is -2.43. The van der Waals surface area contributed by atoms with Crippen molar-refractivity contribution >= 4 is 28.7 Å². The largest absolute Gasteiger partial charge is 0.480 e. The monoisotopic (exact) mass is 357 g/mol. The molecule has 138 valence electrons. The van der Waals surface area contributed by atoms with Gasteiger partial charge in [0.15, 0.2) is 0 Å². The van der Waals surface area contributed by atoms with E-state index in [1.54, 1.807) is 27.0 Å². The Morgan fingerprint density at radius 1 is 1.27 bits per heavy atom. The second kappa shape index (κ2) is 6.82. The van der Waals surface area contributed by atoms with E-state index >= 15 is 0 Å². The number of hydrogen-bond donors (Lipinski definition) is 2. The third kappa shape index (κ3) is 3.87. The first-order valence-corrected chi connectivity index (χ1v) is 8.57. The maximum Gasteiger partial charge on any atom is 0.411 e. The zero-order chi connectivity index (χ0) is 18.9. The van der Waals surface area contributed by atoms with Gasteiger partial charge in [0, 0.05) is 30.6 Å². The molecule has 7 nitrogen and oxygen atoms in total. The van der Waals surface area contributed by atoms with Crippen LogP contribution < -0.4 is 5.32 Å². The van der Waals surface area contributed by atoms with Crippen LogP contribution in [0.25, 0.3) is 10.8 Å². The van der Waals surface area contributed by atoms with E-state index in [1.807, 2.05) is 30.3 Å². The minimum Gasteiger partial charge on any atom is -0.480 e. The Morgan fingerprint density at radius 3 is 2.69 bits per heavy atom. The van der Waals surface area contributed by atoms with Crippen LogP contribution in [0.2, 0.25) is 0 Å². The Morgan fingerprint density at radius 2 is 2.00 bits per heavy atom. The molecule has 1 saturated heterocycles. The van der Waals surface area contributed by atoms with Crippen LogP contribution in [0.15, 0.2) is 36.5 Å². The highest BCUT2D eigenvalue weighted by Gasteiger charge is 2.41. The van der Waals surface area contributed by atoms with Gasteiger partial charge < -0.3 is 15.2 Å². The molecule has 7 heteroatoms. The number of carbonyl (C=O) groups is 2. The molecule has 1 aliphatic rings. The predicted molar refractivity (Wildman–Crippen MR) is 98.1 cm³/mol. The highest BCUT2D eigenvalue weighted by molar-refractivity contribution is 5.91. The first-order valence-electron chi connectivity index (χ1n) is 8.57. The molecular formula is C19H23N3O4. The molecule has 1 aromatic carbocycles. The minimum atomic E-state index is -1.04. The first-order chi connectivity index (χ1) is 12.2. The Balaban J connectivity index is 1.79. The maximum absolute atomic E-state index is 12.4. The van der Waals surface area contributed by atoms with E-state index in [2.05, 4.69) is 10.3 Å². The van der Waals surface area contributed by atoms with E-state index < -0.39 is 23.7 Å². The van der Waals surface area contributed by atoms with Crippen LogP contribution >= 0.6 is 0 Å². The minimum absolute atomic E-state index is 0.220. The zero-order valence-electron chi connectivity index (χ0n) is 15.1. The van der Waals surface area contributed by atoms with Crippen molar-refractivity contribution in [1.29, 1.82) is 0 Å². The summed E-state index contributed by atoms with van der Waals surface area (Å²) < 4.78 is 5.35. The lowest BCUT2D eigenvalue weighted by Gasteiger charge is -2.26. The number of rotatable bonds is 3. The number of likely N-dealkylation sites (tertiary alicyclic amines) is 1. The summed E-state index contributed by atoms with van der Waals surface area (Å²) in [5, 5.41) is 14.8. The molecule has 1 aliphatic heterocycles. The van der Waals surface area contributed by atoms with Crippen molar-refractivity contribution in [1.82, 2.24) is 9.88 Å². The summed E-state index contributed by atoms with van der Waals surface area (Å²) in [7, 11) is 0. The highest BCUT2D eigenvalue weighted by atomic mass is 16.6. The fraction of sp³-hybridized carbons (Fsp3) is 0.421. The van der Waals surface area contributed by atoms with Crippen LogP contribution in [0.5, 0.6) is 0 Å². The van der Waals surface area contributed by atoms with Crippen LogP contribution in [-0.2, 0) is 9.53 Å². The summed E-state index contributed by atoms with van der Waals surface area (Å²) in [5.41, 5.74) is -0.678. The van der Waals surface area contributed by atoms with E-state index in [-0.39, 0.29) is 12.6 Å². The number of aromatic nitrogens is 1. The zero-order valence-corrected chi connectivity index (χ0v) is 15.1. The number of carbonyl (C=O) groups excluding carboxylic acids is 1. The fourth-order valence-corrected chi connectivity index (χ4v) is 3.12. The fourth-order valence-electron chi connectivity index (χ4n) is 3.12. The number of benzene rings is 1. The first kappa shape index (κ1) is 18.0. The Kier molecular flexibility index (Phi) is 4.71. The van der Waals surface area contributed by atoms with Crippen LogP contribution in [0.4, 0.5) is 10.6 Å². The standard InChI is InChI=1S/C19H23N3O4/c1-19(2,3)26-18(25)22-11-13(10-15(22)17(23)24)21-16-14-7-5-4-6-12(14)8-9-20-16/h4-9,13,15H,10-11H2,1-3H3,(H,20,21)(H,23,24). The lowest BCUT2D eigenvalue weighted by molar-refractivity contribution is -0.142. The number of nitrogens with zero attached hydrogens (tertiary/aromatic N) is 2. The van der Waals surface area contributed by atoms with Gasteiger partial charge in [-0.2, -0.15) is 0 Å². The van der Waals surface area contributed by atoms with Gasteiger partial charge >= 0.3 is 12.1 Å². The molecule has 0 radical (unpaired) electrons. The summed E-state index contributed by atoms with van der Waals surface area (Å²) >= 11 is 0. The molecule has 2 N–H and O–H groups in total. The number of carboxylic acid groups (broad SMARTS) is 1. The lowest BCUT2D eigenvalue weighted by atomic mass is 10.1. The summed E-state index contributed by atoms with van der Waals surface area (Å²) in [4.78, 5) is 29.6. The van der Waals surface area contributed by atoms with E-state index in [9.17, 15) is 14.7 Å². The van der Waals surface area contributed by atoms with Crippen molar-refractivity contribution in [2.45, 2.75) is 44.9 Å². The molecule has 26 heavy (non-hydrogen) atoms. The smallest absolute Gasteiger partial charge is 0.411 e. The van der Waals surface area contributed by atoms with Crippen LogP contribution in [-0.4, -0.2) is 51.3 Å². The van der Waals surface area contributed by atoms with Crippen molar-refractivity contribution in [2.24, 2.45) is 0 Å². The second-order valence-electron chi connectivity index (χ2n) is 7.44. The third-order valence-electron chi connectivity index (χ3n) is 4.23. The molecule has 1 fully saturated rings. The van der Waals surface area contributed by atoms with Crippen LogP contribution in [0.3, 0.4) is 0 Å². The molecule has 2 aromatic rings. The molecule has 2 atom stereocenters. The van der Waals surface area contributed by atoms with Gasteiger partial charge in [-0.05, 0) is 32.2 Å². The van der Waals surface area contributed by atoms with Crippen molar-refractivity contribution < 1.29 is 19.4 Å². The van der Waals surface area contributed by atoms with Gasteiger partial charge in [0.2, 0.25) is 0 Å². The van der Waals surface area contributed by atoms with Gasteiger partial charge in [-0.15, -0.1) is 0 Å². The van der Waals surface area contributed by atoms with Crippen molar-refractivity contribution in [3.05, 3.63) is 36.5 Å². The summed E-state index contributed by atoms with van der Waals surface area (Å²) in [6, 6.07) is 8.61. The summed E-state index contributed by atoms with van der Waals surface area (Å²) in [5.74, 6) is -0.352. The summed E-state index contributed by atoms with van der Waals surface area (Å²) in [6.45, 7) is 5.52. The predicted octanol–water partition coefficient (Wildman–Crippen LogP) is 3.11. The topological polar surface area (TPSA) is 91.8 Å². The number of pyridine rings is 1. The second-order valence-corrected chi connectivity index (χ2v) is 7.44. The van der Waals surface area contributed by atoms with Gasteiger partial charge in [-0.25, -0.2) is 14.6 Å². The van der Waals surface area contributed by atoms with Crippen LogP contribution in [0, 0.1) is 0 Å². The molecule has 3 rings (SSSR count). The quantitative estimate of drug-likeness (QED) is 0.877. The molecule has 0 saturated carbocycles. The van der Waals surface area contributed by atoms with Crippen molar-refractivity contribution in [2.75, 3.05) is 11.9 Å². The normalized spacial score (nSPS) is 20.2. The number of aliphatic carboxylic acids is 1. The number of carboxylic acids is 1. The number of anilines is 1. The van der Waals surface area contributed by atoms with E-state index in [0.717, 1.165) is 10.8 Å². The van der Waals surface area contributed by atoms with Gasteiger partial charge in [0.1, 0.15) is 17.5 Å². The van der Waals surface area contributed by atoms with Crippen LogP contribution in [0.1, 0.15) is 27.2 Å². The summed E-state index contributed by atoms with van der Waals surface area (Å²) in [6.07, 6.45) is 1.39. The average Bonchev–Trinajstić information content (AvgIpc) is 2.98. The third-order valence-corrected chi connectivity index (χ3v) is 4.23. The molecule has 2 heterocycles. The molecular weight excluding hydrogens is 334 g/mol. The molecule has 0 bridgehead atoms. The number of amides is 1. The Bertz CT molecular complexity index is 826.